The number of aliphatic hydroxyl groups excluding tert-OH is 1. The van der Waals surface area contributed by atoms with Gasteiger partial charge in [-0.2, -0.15) is 0 Å². The molecule has 7 aromatic rings. The van der Waals surface area contributed by atoms with Crippen LogP contribution in [0.3, 0.4) is 0 Å². The van der Waals surface area contributed by atoms with E-state index in [1.807, 2.05) is 212 Å². The van der Waals surface area contributed by atoms with Gasteiger partial charge in [0.2, 0.25) is 0 Å². The molecule has 0 bridgehead atoms. The summed E-state index contributed by atoms with van der Waals surface area (Å²) in [5.41, 5.74) is 6.80. The van der Waals surface area contributed by atoms with Gasteiger partial charge in [-0.15, -0.1) is 0 Å². The van der Waals surface area contributed by atoms with Gasteiger partial charge < -0.3 is 52.5 Å². The van der Waals surface area contributed by atoms with Crippen LogP contribution in [-0.4, -0.2) is 79.7 Å². The van der Waals surface area contributed by atoms with E-state index < -0.39 is 61.4 Å². The maximum Gasteiger partial charge on any atom is 0.187 e. The summed E-state index contributed by atoms with van der Waals surface area (Å²) >= 11 is 0. The maximum absolute atomic E-state index is 12.0. The van der Waals surface area contributed by atoms with Gasteiger partial charge in [0.15, 0.2) is 12.6 Å². The highest BCUT2D eigenvalue weighted by atomic mass is 16.7. The Morgan fingerprint density at radius 1 is 0.278 bits per heavy atom. The predicted molar refractivity (Wildman–Crippen MR) is 272 cm³/mol. The molecular formula is C61H64O11. The average molecular weight is 973 g/mol. The van der Waals surface area contributed by atoms with Crippen molar-refractivity contribution in [2.75, 3.05) is 13.2 Å². The third-order valence-electron chi connectivity index (χ3n) is 12.7. The summed E-state index contributed by atoms with van der Waals surface area (Å²) in [4.78, 5) is 0. The lowest BCUT2D eigenvalue weighted by molar-refractivity contribution is -0.349. The summed E-state index contributed by atoms with van der Waals surface area (Å²) in [6.45, 7) is 1.89. The number of benzene rings is 7. The summed E-state index contributed by atoms with van der Waals surface area (Å²) in [5.74, 6) is 0. The first-order valence-electron chi connectivity index (χ1n) is 24.8. The van der Waals surface area contributed by atoms with E-state index in [1.165, 1.54) is 0 Å². The molecule has 2 saturated heterocycles. The normalized spacial score (nSPS) is 24.2. The van der Waals surface area contributed by atoms with Gasteiger partial charge in [-0.3, -0.25) is 0 Å². The molecule has 0 amide bonds. The summed E-state index contributed by atoms with van der Waals surface area (Å²) in [6.07, 6.45) is -8.74. The van der Waals surface area contributed by atoms with Crippen molar-refractivity contribution in [2.24, 2.45) is 0 Å². The van der Waals surface area contributed by atoms with Crippen molar-refractivity contribution in [3.05, 3.63) is 251 Å². The Hall–Kier alpha value is -5.90. The van der Waals surface area contributed by atoms with Gasteiger partial charge in [0.1, 0.15) is 48.8 Å². The van der Waals surface area contributed by atoms with Crippen LogP contribution < -0.4 is 0 Å². The average Bonchev–Trinajstić information content (AvgIpc) is 3.44. The largest absolute Gasteiger partial charge is 0.374 e. The summed E-state index contributed by atoms with van der Waals surface area (Å²) in [7, 11) is 0. The van der Waals surface area contributed by atoms with Crippen molar-refractivity contribution in [2.45, 2.75) is 108 Å². The molecule has 11 heteroatoms. The minimum absolute atomic E-state index is 0.0957. The Bertz CT molecular complexity index is 2550. The molecule has 0 radical (unpaired) electrons. The fraction of sp³-hybridized carbons (Fsp3) is 0.311. The standard InChI is InChI=1S/C61H64O11/c62-60-58(68-41-50-32-18-6-19-33-50)56(66-39-48-28-14-4-15-29-48)55(65-38-47-26-12-3-13-27-47)53(71-60)44-70-61-59(69-42-51-34-20-7-21-35-51)57(67-40-49-30-16-5-17-31-49)54(64-37-46-24-10-2-11-25-46)52(72-61)43-63-36-45-22-8-1-9-23-45/h1-35,52-62H,36-44H2/t52-,53-,54-,55+,56+,57+,58-,59+,60+,61-/m1/s1. The fourth-order valence-corrected chi connectivity index (χ4v) is 8.97. The number of rotatable bonds is 25. The first-order valence-corrected chi connectivity index (χ1v) is 24.8. The molecule has 1 N–H and O–H groups in total. The van der Waals surface area contributed by atoms with E-state index in [0.717, 1.165) is 38.9 Å². The Balaban J connectivity index is 1.04. The smallest absolute Gasteiger partial charge is 0.187 e. The molecule has 7 aromatic carbocycles. The molecule has 2 aliphatic rings. The lowest BCUT2D eigenvalue weighted by Crippen LogP contribution is -2.63. The second kappa shape index (κ2) is 27.2. The van der Waals surface area contributed by atoms with E-state index in [2.05, 4.69) is 0 Å². The van der Waals surface area contributed by atoms with Crippen LogP contribution in [0.2, 0.25) is 0 Å². The number of aliphatic hydroxyl groups is 1. The Morgan fingerprint density at radius 3 is 0.917 bits per heavy atom. The second-order valence-corrected chi connectivity index (χ2v) is 18.0. The van der Waals surface area contributed by atoms with Gasteiger partial charge in [0, 0.05) is 0 Å². The van der Waals surface area contributed by atoms with Gasteiger partial charge in [-0.1, -0.05) is 212 Å². The summed E-state index contributed by atoms with van der Waals surface area (Å²) in [6, 6.07) is 69.7. The molecule has 0 aliphatic carbocycles. The fourth-order valence-electron chi connectivity index (χ4n) is 8.97. The van der Waals surface area contributed by atoms with Gasteiger partial charge in [-0.25, -0.2) is 0 Å². The quantitative estimate of drug-likeness (QED) is 0.0591. The van der Waals surface area contributed by atoms with E-state index in [0.29, 0.717) is 6.61 Å². The zero-order valence-electron chi connectivity index (χ0n) is 40.4. The zero-order chi connectivity index (χ0) is 49.0. The lowest BCUT2D eigenvalue weighted by Gasteiger charge is -2.47. The number of ether oxygens (including phenoxy) is 10. The van der Waals surface area contributed by atoms with Crippen LogP contribution in [0, 0.1) is 0 Å². The first kappa shape index (κ1) is 51.0. The predicted octanol–water partition coefficient (Wildman–Crippen LogP) is 10.2. The van der Waals surface area contributed by atoms with Crippen LogP contribution in [-0.2, 0) is 93.6 Å². The second-order valence-electron chi connectivity index (χ2n) is 18.0. The van der Waals surface area contributed by atoms with Crippen molar-refractivity contribution < 1.29 is 52.5 Å². The van der Waals surface area contributed by atoms with Crippen molar-refractivity contribution in [3.63, 3.8) is 0 Å². The van der Waals surface area contributed by atoms with Crippen molar-refractivity contribution >= 4 is 0 Å². The molecule has 10 atom stereocenters. The van der Waals surface area contributed by atoms with E-state index in [9.17, 15) is 5.11 Å². The molecule has 11 nitrogen and oxygen atoms in total. The van der Waals surface area contributed by atoms with E-state index in [-0.39, 0.29) is 52.9 Å². The van der Waals surface area contributed by atoms with E-state index in [1.54, 1.807) is 0 Å². The Kier molecular flexibility index (Phi) is 19.3. The highest BCUT2D eigenvalue weighted by Gasteiger charge is 2.52. The molecule has 2 aliphatic heterocycles. The maximum atomic E-state index is 12.0. The molecule has 72 heavy (non-hydrogen) atoms. The molecule has 0 unspecified atom stereocenters. The van der Waals surface area contributed by atoms with Crippen LogP contribution in [0.5, 0.6) is 0 Å². The lowest BCUT2D eigenvalue weighted by atomic mass is 9.97. The van der Waals surface area contributed by atoms with Crippen LogP contribution >= 0.6 is 0 Å². The molecule has 2 fully saturated rings. The number of hydrogen-bond donors (Lipinski definition) is 1. The van der Waals surface area contributed by atoms with Gasteiger partial charge in [0.25, 0.3) is 0 Å². The van der Waals surface area contributed by atoms with Crippen LogP contribution in [0.1, 0.15) is 38.9 Å². The zero-order valence-corrected chi connectivity index (χ0v) is 40.4. The van der Waals surface area contributed by atoms with Gasteiger partial charge >= 0.3 is 0 Å². The monoisotopic (exact) mass is 972 g/mol. The first-order chi connectivity index (χ1) is 35.6. The van der Waals surface area contributed by atoms with Crippen LogP contribution in [0.25, 0.3) is 0 Å². The number of hydrogen-bond acceptors (Lipinski definition) is 11. The van der Waals surface area contributed by atoms with E-state index >= 15 is 0 Å². The SMILES string of the molecule is O[C@H]1O[C@H](CO[C@@H]2O[C@H](COCc3ccccc3)[C@@H](OCc3ccccc3)[C@H](OCc3ccccc3)[C@@H]2OCc2ccccc2)[C@H](OCc2ccccc2)[C@H](OCc2ccccc2)[C@H]1OCc1ccccc1. The van der Waals surface area contributed by atoms with Crippen molar-refractivity contribution in [1.82, 2.24) is 0 Å². The molecule has 0 spiro atoms. The van der Waals surface area contributed by atoms with Gasteiger partial charge in [0.05, 0.1) is 59.5 Å². The van der Waals surface area contributed by atoms with Crippen molar-refractivity contribution in [1.29, 1.82) is 0 Å². The molecule has 2 heterocycles. The van der Waals surface area contributed by atoms with E-state index in [4.69, 9.17) is 47.4 Å². The minimum Gasteiger partial charge on any atom is -0.374 e. The Labute approximate surface area is 423 Å². The Morgan fingerprint density at radius 2 is 0.556 bits per heavy atom. The molecule has 374 valence electrons. The molecule has 9 rings (SSSR count). The third-order valence-corrected chi connectivity index (χ3v) is 12.7. The molecular weight excluding hydrogens is 909 g/mol. The summed E-state index contributed by atoms with van der Waals surface area (Å²) < 4.78 is 67.9. The topological polar surface area (TPSA) is 113 Å². The van der Waals surface area contributed by atoms with Crippen LogP contribution in [0.4, 0.5) is 0 Å². The minimum atomic E-state index is -1.41. The van der Waals surface area contributed by atoms with Crippen molar-refractivity contribution in [3.8, 4) is 0 Å². The van der Waals surface area contributed by atoms with Gasteiger partial charge in [-0.05, 0) is 38.9 Å². The highest BCUT2D eigenvalue weighted by molar-refractivity contribution is 5.19. The summed E-state index contributed by atoms with van der Waals surface area (Å²) in [5, 5.41) is 12.0. The molecule has 0 saturated carbocycles. The third kappa shape index (κ3) is 14.8. The van der Waals surface area contributed by atoms with Crippen LogP contribution in [0.15, 0.2) is 212 Å². The highest BCUT2D eigenvalue weighted by Crippen LogP contribution is 2.34. The molecule has 0 aromatic heterocycles.